The summed E-state index contributed by atoms with van der Waals surface area (Å²) < 4.78 is 7.52. The molecule has 0 amide bonds. The molecular formula is C16H26BrNO2Si. The number of nitrogens with zero attached hydrogens (tertiary/aromatic N) is 1. The third-order valence-corrected chi connectivity index (χ3v) is 9.56. The third kappa shape index (κ3) is 4.73. The Morgan fingerprint density at radius 1 is 1.29 bits per heavy atom. The van der Waals surface area contributed by atoms with Crippen LogP contribution in [0.15, 0.2) is 22.8 Å². The molecule has 0 aliphatic carbocycles. The van der Waals surface area contributed by atoms with Crippen LogP contribution in [0.4, 0.5) is 0 Å². The van der Waals surface area contributed by atoms with Gasteiger partial charge in [-0.3, -0.25) is 0 Å². The molecule has 3 nitrogen and oxygen atoms in total. The highest BCUT2D eigenvalue weighted by molar-refractivity contribution is 9.10. The maximum Gasteiger partial charge on any atom is 0.193 e. The molecule has 0 aliphatic heterocycles. The molecule has 1 atom stereocenters. The highest BCUT2D eigenvalue weighted by atomic mass is 79.9. The molecule has 0 bridgehead atoms. The Hall–Kier alpha value is -0.523. The predicted octanol–water partition coefficient (Wildman–Crippen LogP) is 5.06. The van der Waals surface area contributed by atoms with Gasteiger partial charge in [-0.2, -0.15) is 0 Å². The van der Waals surface area contributed by atoms with Crippen LogP contribution in [0.25, 0.3) is 0 Å². The first-order valence-corrected chi connectivity index (χ1v) is 11.0. The molecule has 1 aromatic rings. The number of hydrogen-bond acceptors (Lipinski definition) is 3. The second-order valence-corrected chi connectivity index (χ2v) is 11.1. The molecular weight excluding hydrogens is 346 g/mol. The van der Waals surface area contributed by atoms with Crippen molar-refractivity contribution in [3.05, 3.63) is 28.5 Å². The summed E-state index contributed by atoms with van der Waals surface area (Å²) in [5, 5.41) is 0. The zero-order chi connectivity index (χ0) is 15.9. The molecule has 0 spiro atoms. The fraction of sp³-hybridized carbons (Fsp3) is 0.625. The molecule has 0 saturated heterocycles. The third-order valence-electron chi connectivity index (χ3n) is 4.37. The highest BCUT2D eigenvalue weighted by Crippen LogP contribution is 2.37. The number of carbonyl (C=O) groups is 1. The fourth-order valence-electron chi connectivity index (χ4n) is 2.71. The Morgan fingerprint density at radius 2 is 1.90 bits per heavy atom. The quantitative estimate of drug-likeness (QED) is 0.346. The Bertz CT molecular complexity index is 457. The van der Waals surface area contributed by atoms with Crippen molar-refractivity contribution in [3.63, 3.8) is 0 Å². The van der Waals surface area contributed by atoms with E-state index < -0.39 is 13.9 Å². The Balaban J connectivity index is 3.17. The van der Waals surface area contributed by atoms with Gasteiger partial charge in [0, 0.05) is 6.42 Å². The lowest BCUT2D eigenvalue weighted by molar-refractivity contribution is -0.108. The lowest BCUT2D eigenvalue weighted by atomic mass is 9.96. The van der Waals surface area contributed by atoms with Crippen LogP contribution in [0.5, 0.6) is 0 Å². The second-order valence-electron chi connectivity index (χ2n) is 5.63. The van der Waals surface area contributed by atoms with Crippen LogP contribution in [-0.2, 0) is 14.8 Å². The van der Waals surface area contributed by atoms with Crippen LogP contribution in [0.2, 0.25) is 18.1 Å². The molecule has 0 N–H and O–H groups in total. The SMILES string of the molecule is CC[Si](CC)(CC)OC(C)(CCC=O)c1cccc(Br)n1. The summed E-state index contributed by atoms with van der Waals surface area (Å²) in [6.45, 7) is 8.73. The van der Waals surface area contributed by atoms with Gasteiger partial charge in [0.1, 0.15) is 10.9 Å². The largest absolute Gasteiger partial charge is 0.406 e. The number of aromatic nitrogens is 1. The molecule has 0 aliphatic rings. The van der Waals surface area contributed by atoms with Crippen LogP contribution in [0.3, 0.4) is 0 Å². The maximum absolute atomic E-state index is 10.9. The number of carbonyl (C=O) groups excluding carboxylic acids is 1. The van der Waals surface area contributed by atoms with Gasteiger partial charge in [-0.05, 0) is 59.5 Å². The summed E-state index contributed by atoms with van der Waals surface area (Å²) in [4.78, 5) is 15.4. The molecule has 1 rings (SSSR count). The van der Waals surface area contributed by atoms with Crippen LogP contribution in [0, 0.1) is 0 Å². The molecule has 0 radical (unpaired) electrons. The lowest BCUT2D eigenvalue weighted by Gasteiger charge is -2.40. The summed E-state index contributed by atoms with van der Waals surface area (Å²) in [5.74, 6) is 0. The van der Waals surface area contributed by atoms with Gasteiger partial charge in [0.15, 0.2) is 8.32 Å². The minimum absolute atomic E-state index is 0.487. The monoisotopic (exact) mass is 371 g/mol. The topological polar surface area (TPSA) is 39.2 Å². The predicted molar refractivity (Wildman–Crippen MR) is 92.9 cm³/mol. The molecule has 1 unspecified atom stereocenters. The van der Waals surface area contributed by atoms with E-state index in [0.717, 1.165) is 34.7 Å². The van der Waals surface area contributed by atoms with Crippen molar-refractivity contribution in [3.8, 4) is 0 Å². The first-order chi connectivity index (χ1) is 9.95. The molecule has 5 heteroatoms. The normalized spacial score (nSPS) is 14.7. The number of pyridine rings is 1. The minimum atomic E-state index is -1.77. The Morgan fingerprint density at radius 3 is 2.38 bits per heavy atom. The standard InChI is InChI=1S/C16H26BrNO2Si/c1-5-21(6-2,7-3)20-16(4,12-9-13-19)14-10-8-11-15(17)18-14/h8,10-11,13H,5-7,9,12H2,1-4H3. The van der Waals surface area contributed by atoms with Gasteiger partial charge < -0.3 is 9.22 Å². The molecule has 0 aromatic carbocycles. The van der Waals surface area contributed by atoms with Crippen molar-refractivity contribution < 1.29 is 9.22 Å². The van der Waals surface area contributed by atoms with E-state index in [-0.39, 0.29) is 0 Å². The summed E-state index contributed by atoms with van der Waals surface area (Å²) in [6.07, 6.45) is 2.13. The number of aldehydes is 1. The first-order valence-electron chi connectivity index (χ1n) is 7.72. The number of rotatable bonds is 9. The smallest absolute Gasteiger partial charge is 0.193 e. The molecule has 118 valence electrons. The van der Waals surface area contributed by atoms with E-state index in [4.69, 9.17) is 4.43 Å². The van der Waals surface area contributed by atoms with Crippen LogP contribution < -0.4 is 0 Å². The second kappa shape index (κ2) is 8.20. The molecule has 0 fully saturated rings. The van der Waals surface area contributed by atoms with Crippen molar-refractivity contribution in [2.75, 3.05) is 0 Å². The average molecular weight is 372 g/mol. The van der Waals surface area contributed by atoms with E-state index in [1.807, 2.05) is 18.2 Å². The van der Waals surface area contributed by atoms with E-state index >= 15 is 0 Å². The van der Waals surface area contributed by atoms with Gasteiger partial charge in [-0.1, -0.05) is 26.8 Å². The maximum atomic E-state index is 10.9. The fourth-order valence-corrected chi connectivity index (χ4v) is 6.15. The minimum Gasteiger partial charge on any atom is -0.406 e. The highest BCUT2D eigenvalue weighted by Gasteiger charge is 2.39. The van der Waals surface area contributed by atoms with E-state index in [2.05, 4.69) is 48.6 Å². The van der Waals surface area contributed by atoms with E-state index in [0.29, 0.717) is 12.8 Å². The van der Waals surface area contributed by atoms with Gasteiger partial charge in [0.2, 0.25) is 0 Å². The molecule has 0 saturated carbocycles. The Kier molecular flexibility index (Phi) is 7.23. The van der Waals surface area contributed by atoms with Crippen molar-refractivity contribution in [2.45, 2.75) is 64.3 Å². The van der Waals surface area contributed by atoms with E-state index in [1.54, 1.807) is 0 Å². The van der Waals surface area contributed by atoms with Crippen LogP contribution >= 0.6 is 15.9 Å². The first kappa shape index (κ1) is 18.5. The molecule has 1 heterocycles. The van der Waals surface area contributed by atoms with Crippen molar-refractivity contribution in [1.29, 1.82) is 0 Å². The van der Waals surface area contributed by atoms with Gasteiger partial charge in [0.25, 0.3) is 0 Å². The van der Waals surface area contributed by atoms with Crippen molar-refractivity contribution in [2.24, 2.45) is 0 Å². The summed E-state index contributed by atoms with van der Waals surface area (Å²) in [5.41, 5.74) is 0.421. The lowest BCUT2D eigenvalue weighted by Crippen LogP contribution is -2.44. The zero-order valence-corrected chi connectivity index (χ0v) is 16.1. The number of halogens is 1. The van der Waals surface area contributed by atoms with Crippen molar-refractivity contribution in [1.82, 2.24) is 4.98 Å². The van der Waals surface area contributed by atoms with Gasteiger partial charge in [-0.25, -0.2) is 4.98 Å². The zero-order valence-electron chi connectivity index (χ0n) is 13.5. The average Bonchev–Trinajstić information content (AvgIpc) is 2.51. The molecule has 1 aromatic heterocycles. The van der Waals surface area contributed by atoms with Crippen LogP contribution in [-0.4, -0.2) is 19.6 Å². The van der Waals surface area contributed by atoms with E-state index in [1.165, 1.54) is 0 Å². The van der Waals surface area contributed by atoms with Crippen molar-refractivity contribution >= 4 is 30.5 Å². The molecule has 21 heavy (non-hydrogen) atoms. The van der Waals surface area contributed by atoms with Gasteiger partial charge in [0.05, 0.1) is 11.3 Å². The summed E-state index contributed by atoms with van der Waals surface area (Å²) in [7, 11) is -1.77. The Labute approximate surface area is 137 Å². The number of hydrogen-bond donors (Lipinski definition) is 0. The van der Waals surface area contributed by atoms with Gasteiger partial charge in [-0.15, -0.1) is 0 Å². The van der Waals surface area contributed by atoms with E-state index in [9.17, 15) is 4.79 Å². The summed E-state index contributed by atoms with van der Waals surface area (Å²) >= 11 is 3.43. The summed E-state index contributed by atoms with van der Waals surface area (Å²) in [6, 6.07) is 9.14. The van der Waals surface area contributed by atoms with Crippen LogP contribution in [0.1, 0.15) is 46.2 Å². The van der Waals surface area contributed by atoms with Gasteiger partial charge >= 0.3 is 0 Å².